The number of amides is 1. The standard InChI is InChI=1S/C20H18N2O4/c1-12-5-6-21-18-4-3-14(8-17(12)18)20(24)22-10-16(11-22)26-15-7-13(2)25-19(23)9-15/h3-9,16H,10-11H2,1-2H3. The van der Waals surface area contributed by atoms with Crippen molar-refractivity contribution in [3.8, 4) is 5.75 Å². The Bertz CT molecular complexity index is 1050. The Morgan fingerprint density at radius 2 is 2.00 bits per heavy atom. The molecule has 6 nitrogen and oxygen atoms in total. The molecule has 0 bridgehead atoms. The molecule has 0 N–H and O–H groups in total. The topological polar surface area (TPSA) is 72.6 Å². The lowest BCUT2D eigenvalue weighted by Gasteiger charge is -2.39. The molecule has 1 fully saturated rings. The van der Waals surface area contributed by atoms with Crippen molar-refractivity contribution < 1.29 is 13.9 Å². The second kappa shape index (κ2) is 6.29. The fourth-order valence-electron chi connectivity index (χ4n) is 3.11. The van der Waals surface area contributed by atoms with E-state index in [0.29, 0.717) is 30.2 Å². The van der Waals surface area contributed by atoms with Crippen molar-refractivity contribution in [2.24, 2.45) is 0 Å². The summed E-state index contributed by atoms with van der Waals surface area (Å²) in [6.45, 7) is 4.68. The number of fused-ring (bicyclic) bond motifs is 1. The highest BCUT2D eigenvalue weighted by molar-refractivity contribution is 5.99. The first-order valence-electron chi connectivity index (χ1n) is 8.43. The molecule has 0 atom stereocenters. The van der Waals surface area contributed by atoms with Gasteiger partial charge in [-0.05, 0) is 43.7 Å². The molecule has 0 saturated carbocycles. The smallest absolute Gasteiger partial charge is 0.339 e. The van der Waals surface area contributed by atoms with E-state index < -0.39 is 5.63 Å². The van der Waals surface area contributed by atoms with Gasteiger partial charge in [-0.15, -0.1) is 0 Å². The average molecular weight is 350 g/mol. The summed E-state index contributed by atoms with van der Waals surface area (Å²) in [5.41, 5.74) is 2.17. The van der Waals surface area contributed by atoms with Gasteiger partial charge in [0.2, 0.25) is 0 Å². The fraction of sp³-hybridized carbons (Fsp3) is 0.250. The van der Waals surface area contributed by atoms with Gasteiger partial charge in [0.05, 0.1) is 24.7 Å². The molecule has 1 saturated heterocycles. The first kappa shape index (κ1) is 16.3. The molecule has 6 heteroatoms. The molecule has 132 valence electrons. The Kier molecular flexibility index (Phi) is 3.95. The third-order valence-corrected chi connectivity index (χ3v) is 4.51. The van der Waals surface area contributed by atoms with E-state index in [1.54, 1.807) is 30.2 Å². The highest BCUT2D eigenvalue weighted by Crippen LogP contribution is 2.22. The number of rotatable bonds is 3. The number of carbonyl (C=O) groups excluding carboxylic acids is 1. The lowest BCUT2D eigenvalue weighted by molar-refractivity contribution is 0.0175. The number of pyridine rings is 1. The van der Waals surface area contributed by atoms with Gasteiger partial charge >= 0.3 is 5.63 Å². The first-order chi connectivity index (χ1) is 12.5. The second-order valence-electron chi connectivity index (χ2n) is 6.53. The molecular weight excluding hydrogens is 332 g/mol. The van der Waals surface area contributed by atoms with Crippen molar-refractivity contribution in [3.05, 3.63) is 69.9 Å². The molecule has 1 aliphatic heterocycles. The minimum Gasteiger partial charge on any atom is -0.486 e. The van der Waals surface area contributed by atoms with E-state index in [1.807, 2.05) is 25.1 Å². The SMILES string of the molecule is Cc1cc(OC2CN(C(=O)c3ccc4nccc(C)c4c3)C2)cc(=O)o1. The number of likely N-dealkylation sites (tertiary alicyclic amines) is 1. The first-order valence-corrected chi connectivity index (χ1v) is 8.43. The van der Waals surface area contributed by atoms with Gasteiger partial charge in [0.15, 0.2) is 0 Å². The average Bonchev–Trinajstić information content (AvgIpc) is 2.56. The Morgan fingerprint density at radius 1 is 1.19 bits per heavy atom. The van der Waals surface area contributed by atoms with Gasteiger partial charge in [-0.25, -0.2) is 4.79 Å². The maximum absolute atomic E-state index is 12.7. The molecule has 2 aromatic heterocycles. The molecular formula is C20H18N2O4. The van der Waals surface area contributed by atoms with Gasteiger partial charge in [-0.1, -0.05) is 0 Å². The second-order valence-corrected chi connectivity index (χ2v) is 6.53. The Balaban J connectivity index is 1.44. The minimum atomic E-state index is -0.438. The predicted molar refractivity (Wildman–Crippen MR) is 96.5 cm³/mol. The van der Waals surface area contributed by atoms with E-state index in [-0.39, 0.29) is 12.0 Å². The normalized spacial score (nSPS) is 14.3. The van der Waals surface area contributed by atoms with E-state index in [1.165, 1.54) is 6.07 Å². The van der Waals surface area contributed by atoms with Crippen LogP contribution >= 0.6 is 0 Å². The number of carbonyl (C=O) groups is 1. The van der Waals surface area contributed by atoms with Crippen LogP contribution in [0.25, 0.3) is 10.9 Å². The zero-order chi connectivity index (χ0) is 18.3. The van der Waals surface area contributed by atoms with Crippen LogP contribution in [0.15, 0.2) is 51.8 Å². The van der Waals surface area contributed by atoms with Crippen LogP contribution in [-0.2, 0) is 0 Å². The third-order valence-electron chi connectivity index (χ3n) is 4.51. The van der Waals surface area contributed by atoms with Crippen LogP contribution in [-0.4, -0.2) is 35.0 Å². The molecule has 1 amide bonds. The highest BCUT2D eigenvalue weighted by Gasteiger charge is 2.33. The predicted octanol–water partition coefficient (Wildman–Crippen LogP) is 2.71. The van der Waals surface area contributed by atoms with Gasteiger partial charge in [0.1, 0.15) is 17.6 Å². The van der Waals surface area contributed by atoms with Crippen LogP contribution < -0.4 is 10.4 Å². The molecule has 0 unspecified atom stereocenters. The van der Waals surface area contributed by atoms with E-state index in [9.17, 15) is 9.59 Å². The Morgan fingerprint density at radius 3 is 2.77 bits per heavy atom. The zero-order valence-corrected chi connectivity index (χ0v) is 14.6. The van der Waals surface area contributed by atoms with Crippen molar-refractivity contribution in [3.63, 3.8) is 0 Å². The summed E-state index contributed by atoms with van der Waals surface area (Å²) in [6.07, 6.45) is 1.64. The summed E-state index contributed by atoms with van der Waals surface area (Å²) in [4.78, 5) is 30.1. The number of nitrogens with zero attached hydrogens (tertiary/aromatic N) is 2. The van der Waals surface area contributed by atoms with Crippen molar-refractivity contribution in [1.29, 1.82) is 0 Å². The van der Waals surface area contributed by atoms with E-state index in [0.717, 1.165) is 16.5 Å². The number of ether oxygens (including phenoxy) is 1. The molecule has 0 radical (unpaired) electrons. The molecule has 26 heavy (non-hydrogen) atoms. The maximum Gasteiger partial charge on any atom is 0.339 e. The number of benzene rings is 1. The molecule has 1 aliphatic rings. The van der Waals surface area contributed by atoms with Crippen molar-refractivity contribution in [2.45, 2.75) is 20.0 Å². The highest BCUT2D eigenvalue weighted by atomic mass is 16.5. The summed E-state index contributed by atoms with van der Waals surface area (Å²) in [5.74, 6) is 0.946. The maximum atomic E-state index is 12.7. The van der Waals surface area contributed by atoms with Crippen LogP contribution in [0.3, 0.4) is 0 Å². The van der Waals surface area contributed by atoms with Crippen LogP contribution in [0.1, 0.15) is 21.7 Å². The molecule has 0 aliphatic carbocycles. The summed E-state index contributed by atoms with van der Waals surface area (Å²) in [7, 11) is 0. The van der Waals surface area contributed by atoms with Gasteiger partial charge < -0.3 is 14.1 Å². The van der Waals surface area contributed by atoms with Crippen molar-refractivity contribution >= 4 is 16.8 Å². The van der Waals surface area contributed by atoms with Gasteiger partial charge in [0, 0.05) is 23.2 Å². The van der Waals surface area contributed by atoms with Gasteiger partial charge in [-0.3, -0.25) is 9.78 Å². The summed E-state index contributed by atoms with van der Waals surface area (Å²) in [5, 5.41) is 0.984. The van der Waals surface area contributed by atoms with Crippen molar-refractivity contribution in [2.75, 3.05) is 13.1 Å². The van der Waals surface area contributed by atoms with Crippen LogP contribution in [0, 0.1) is 13.8 Å². The lowest BCUT2D eigenvalue weighted by Crippen LogP contribution is -2.56. The Labute approximate surface area is 150 Å². The van der Waals surface area contributed by atoms with Gasteiger partial charge in [0.25, 0.3) is 5.91 Å². The molecule has 3 heterocycles. The fourth-order valence-corrected chi connectivity index (χ4v) is 3.11. The number of hydrogen-bond acceptors (Lipinski definition) is 5. The van der Waals surface area contributed by atoms with E-state index in [4.69, 9.17) is 9.15 Å². The monoisotopic (exact) mass is 350 g/mol. The quantitative estimate of drug-likeness (QED) is 0.726. The summed E-state index contributed by atoms with van der Waals surface area (Å²) in [6, 6.07) is 10.5. The molecule has 3 aromatic rings. The Hall–Kier alpha value is -3.15. The van der Waals surface area contributed by atoms with Crippen molar-refractivity contribution in [1.82, 2.24) is 9.88 Å². The molecule has 4 rings (SSSR count). The van der Waals surface area contributed by atoms with Crippen LogP contribution in [0.2, 0.25) is 0 Å². The lowest BCUT2D eigenvalue weighted by atomic mass is 10.0. The molecule has 1 aromatic carbocycles. The van der Waals surface area contributed by atoms with Crippen LogP contribution in [0.4, 0.5) is 0 Å². The molecule has 0 spiro atoms. The number of hydrogen-bond donors (Lipinski definition) is 0. The zero-order valence-electron chi connectivity index (χ0n) is 14.6. The van der Waals surface area contributed by atoms with E-state index >= 15 is 0 Å². The summed E-state index contributed by atoms with van der Waals surface area (Å²) >= 11 is 0. The minimum absolute atomic E-state index is 0.0289. The number of aryl methyl sites for hydroxylation is 2. The largest absolute Gasteiger partial charge is 0.486 e. The van der Waals surface area contributed by atoms with E-state index in [2.05, 4.69) is 4.98 Å². The van der Waals surface area contributed by atoms with Crippen LogP contribution in [0.5, 0.6) is 5.75 Å². The number of aromatic nitrogens is 1. The third kappa shape index (κ3) is 3.06. The summed E-state index contributed by atoms with van der Waals surface area (Å²) < 4.78 is 10.7. The van der Waals surface area contributed by atoms with Gasteiger partial charge in [-0.2, -0.15) is 0 Å².